The van der Waals surface area contributed by atoms with E-state index in [-0.39, 0.29) is 0 Å². The molecule has 140 valence electrons. The minimum atomic E-state index is 0.621. The highest BCUT2D eigenvalue weighted by Crippen LogP contribution is 2.28. The van der Waals surface area contributed by atoms with Crippen LogP contribution in [0.15, 0.2) is 60.7 Å². The monoisotopic (exact) mass is 378 g/mol. The Morgan fingerprint density at radius 3 is 2.15 bits per heavy atom. The van der Waals surface area contributed by atoms with Crippen LogP contribution in [0, 0.1) is 0 Å². The van der Waals surface area contributed by atoms with Gasteiger partial charge in [0.25, 0.3) is 0 Å². The molecule has 3 aromatic rings. The van der Waals surface area contributed by atoms with Crippen molar-refractivity contribution in [3.8, 4) is 27.4 Å². The molecule has 0 aliphatic heterocycles. The highest BCUT2D eigenvalue weighted by molar-refractivity contribution is 7.14. The predicted molar refractivity (Wildman–Crippen MR) is 114 cm³/mol. The molecule has 4 heteroatoms. The summed E-state index contributed by atoms with van der Waals surface area (Å²) in [4.78, 5) is 0. The number of rotatable bonds is 9. The zero-order valence-electron chi connectivity index (χ0n) is 16.0. The summed E-state index contributed by atoms with van der Waals surface area (Å²) in [5.41, 5.74) is 3.49. The molecular weight excluding hydrogens is 352 g/mol. The van der Waals surface area contributed by atoms with Gasteiger partial charge in [0.2, 0.25) is 0 Å². The van der Waals surface area contributed by atoms with Crippen LogP contribution in [-0.2, 0) is 6.42 Å². The molecule has 0 aliphatic rings. The molecule has 3 nitrogen and oxygen atoms in total. The van der Waals surface area contributed by atoms with E-state index in [1.54, 1.807) is 11.3 Å². The molecule has 0 N–H and O–H groups in total. The van der Waals surface area contributed by atoms with Crippen molar-refractivity contribution in [1.82, 2.24) is 10.2 Å². The van der Waals surface area contributed by atoms with E-state index >= 15 is 0 Å². The molecule has 0 unspecified atom stereocenters. The number of benzene rings is 2. The maximum absolute atomic E-state index is 5.74. The number of ether oxygens (including phenoxy) is 1. The summed E-state index contributed by atoms with van der Waals surface area (Å²) < 4.78 is 5.74. The molecule has 0 aliphatic carbocycles. The van der Waals surface area contributed by atoms with Crippen molar-refractivity contribution >= 4 is 11.3 Å². The maximum Gasteiger partial charge on any atom is 0.147 e. The van der Waals surface area contributed by atoms with Gasteiger partial charge in [-0.2, -0.15) is 0 Å². The van der Waals surface area contributed by atoms with Gasteiger partial charge in [-0.3, -0.25) is 0 Å². The van der Waals surface area contributed by atoms with Crippen molar-refractivity contribution < 1.29 is 4.74 Å². The first-order chi connectivity index (χ1) is 13.3. The lowest BCUT2D eigenvalue weighted by atomic mass is 10.0. The molecule has 0 saturated carbocycles. The average molecular weight is 379 g/mol. The molecule has 0 saturated heterocycles. The minimum Gasteiger partial charge on any atom is -0.490 e. The summed E-state index contributed by atoms with van der Waals surface area (Å²) in [5, 5.41) is 10.7. The van der Waals surface area contributed by atoms with Gasteiger partial charge >= 0.3 is 0 Å². The Kier molecular flexibility index (Phi) is 7.17. The quantitative estimate of drug-likeness (QED) is 0.395. The van der Waals surface area contributed by atoms with Crippen LogP contribution in [0.1, 0.15) is 38.1 Å². The molecule has 0 radical (unpaired) electrons. The highest BCUT2D eigenvalue weighted by Gasteiger charge is 2.07. The van der Waals surface area contributed by atoms with Crippen molar-refractivity contribution in [2.75, 3.05) is 6.61 Å². The van der Waals surface area contributed by atoms with E-state index in [9.17, 15) is 0 Å². The summed E-state index contributed by atoms with van der Waals surface area (Å²) in [6.07, 6.45) is 8.62. The van der Waals surface area contributed by atoms with Crippen LogP contribution in [0.5, 0.6) is 5.75 Å². The van der Waals surface area contributed by atoms with Gasteiger partial charge in [0, 0.05) is 12.0 Å². The smallest absolute Gasteiger partial charge is 0.147 e. The van der Waals surface area contributed by atoms with Crippen LogP contribution in [0.3, 0.4) is 0 Å². The lowest BCUT2D eigenvalue weighted by Gasteiger charge is -2.06. The average Bonchev–Trinajstić information content (AvgIpc) is 3.17. The van der Waals surface area contributed by atoms with Gasteiger partial charge in [-0.15, -0.1) is 10.2 Å². The molecule has 0 fully saturated rings. The molecule has 0 spiro atoms. The van der Waals surface area contributed by atoms with Gasteiger partial charge in [0.1, 0.15) is 22.4 Å². The summed E-state index contributed by atoms with van der Waals surface area (Å²) in [7, 11) is 0. The van der Waals surface area contributed by atoms with Crippen LogP contribution >= 0.6 is 11.3 Å². The first-order valence-corrected chi connectivity index (χ1v) is 10.4. The van der Waals surface area contributed by atoms with E-state index in [4.69, 9.17) is 4.74 Å². The lowest BCUT2D eigenvalue weighted by Crippen LogP contribution is -1.93. The number of nitrogens with zero attached hydrogens (tertiary/aromatic N) is 2. The molecular formula is C23H26N2OS. The number of allylic oxidation sites excluding steroid dienone is 1. The van der Waals surface area contributed by atoms with E-state index in [0.29, 0.717) is 6.61 Å². The molecule has 0 atom stereocenters. The Balaban J connectivity index is 1.62. The summed E-state index contributed by atoms with van der Waals surface area (Å²) in [6, 6.07) is 16.8. The van der Waals surface area contributed by atoms with E-state index in [0.717, 1.165) is 40.6 Å². The normalized spacial score (nSPS) is 11.2. The van der Waals surface area contributed by atoms with E-state index < -0.39 is 0 Å². The van der Waals surface area contributed by atoms with Crippen LogP contribution in [0.4, 0.5) is 0 Å². The van der Waals surface area contributed by atoms with Crippen molar-refractivity contribution in [3.63, 3.8) is 0 Å². The topological polar surface area (TPSA) is 35.0 Å². The molecule has 0 amide bonds. The standard InChI is InChI=1S/C23H26N2OS/c1-3-5-6-7-17-26-21-15-13-19(14-16-21)18-9-11-20(12-10-18)23-25-24-22(27-23)8-4-2/h6-7,9-16H,3-5,8,17H2,1-2H3. The fourth-order valence-electron chi connectivity index (χ4n) is 2.73. The first-order valence-electron chi connectivity index (χ1n) is 9.61. The summed E-state index contributed by atoms with van der Waals surface area (Å²) in [5.74, 6) is 0.897. The van der Waals surface area contributed by atoms with E-state index in [2.05, 4.69) is 72.6 Å². The van der Waals surface area contributed by atoms with Gasteiger partial charge in [-0.05, 0) is 36.1 Å². The predicted octanol–water partition coefficient (Wildman–Crippen LogP) is 6.56. The fraction of sp³-hybridized carbons (Fsp3) is 0.304. The molecule has 27 heavy (non-hydrogen) atoms. The Labute approximate surface area is 165 Å². The van der Waals surface area contributed by atoms with Gasteiger partial charge < -0.3 is 4.74 Å². The number of hydrogen-bond donors (Lipinski definition) is 0. The van der Waals surface area contributed by atoms with Crippen molar-refractivity contribution in [2.24, 2.45) is 0 Å². The fourth-order valence-corrected chi connectivity index (χ4v) is 3.68. The van der Waals surface area contributed by atoms with Crippen molar-refractivity contribution in [1.29, 1.82) is 0 Å². The zero-order valence-corrected chi connectivity index (χ0v) is 16.8. The second-order valence-corrected chi connectivity index (χ2v) is 7.49. The van der Waals surface area contributed by atoms with E-state index in [1.165, 1.54) is 17.5 Å². The lowest BCUT2D eigenvalue weighted by molar-refractivity contribution is 0.362. The molecule has 1 aromatic heterocycles. The molecule has 1 heterocycles. The minimum absolute atomic E-state index is 0.621. The summed E-state index contributed by atoms with van der Waals surface area (Å²) in [6.45, 7) is 4.96. The van der Waals surface area contributed by atoms with Crippen LogP contribution < -0.4 is 4.74 Å². The molecule has 2 aromatic carbocycles. The number of aryl methyl sites for hydroxylation is 1. The van der Waals surface area contributed by atoms with Gasteiger partial charge in [-0.25, -0.2) is 0 Å². The van der Waals surface area contributed by atoms with Crippen LogP contribution in [-0.4, -0.2) is 16.8 Å². The number of hydrogen-bond acceptors (Lipinski definition) is 4. The van der Waals surface area contributed by atoms with Gasteiger partial charge in [-0.1, -0.05) is 80.2 Å². The third kappa shape index (κ3) is 5.51. The second kappa shape index (κ2) is 10.0. The number of aromatic nitrogens is 2. The molecule has 3 rings (SSSR count). The largest absolute Gasteiger partial charge is 0.490 e. The van der Waals surface area contributed by atoms with Crippen LogP contribution in [0.25, 0.3) is 21.7 Å². The van der Waals surface area contributed by atoms with E-state index in [1.807, 2.05) is 12.1 Å². The summed E-state index contributed by atoms with van der Waals surface area (Å²) >= 11 is 1.68. The van der Waals surface area contributed by atoms with Crippen molar-refractivity contribution in [3.05, 3.63) is 65.7 Å². The Morgan fingerprint density at radius 2 is 1.48 bits per heavy atom. The molecule has 0 bridgehead atoms. The Hall–Kier alpha value is -2.46. The number of unbranched alkanes of at least 4 members (excludes halogenated alkanes) is 1. The third-order valence-electron chi connectivity index (χ3n) is 4.22. The highest BCUT2D eigenvalue weighted by atomic mass is 32.1. The van der Waals surface area contributed by atoms with Crippen LogP contribution in [0.2, 0.25) is 0 Å². The first kappa shape index (κ1) is 19.3. The van der Waals surface area contributed by atoms with Crippen molar-refractivity contribution in [2.45, 2.75) is 39.5 Å². The Morgan fingerprint density at radius 1 is 0.815 bits per heavy atom. The zero-order chi connectivity index (χ0) is 18.9. The third-order valence-corrected chi connectivity index (χ3v) is 5.25. The van der Waals surface area contributed by atoms with Gasteiger partial charge in [0.15, 0.2) is 0 Å². The SMILES string of the molecule is CCCC=CCOc1ccc(-c2ccc(-c3nnc(CCC)s3)cc2)cc1. The maximum atomic E-state index is 5.74. The van der Waals surface area contributed by atoms with Gasteiger partial charge in [0.05, 0.1) is 0 Å². The Bertz CT molecular complexity index is 851. The second-order valence-electron chi connectivity index (χ2n) is 6.42.